The van der Waals surface area contributed by atoms with Gasteiger partial charge in [0.15, 0.2) is 0 Å². The molecule has 0 unspecified atom stereocenters. The maximum atomic E-state index is 5.94. The van der Waals surface area contributed by atoms with Crippen LogP contribution in [0.25, 0.3) is 0 Å². The van der Waals surface area contributed by atoms with Crippen molar-refractivity contribution in [1.29, 1.82) is 0 Å². The Hall–Kier alpha value is -1.26. The van der Waals surface area contributed by atoms with E-state index in [1.807, 2.05) is 12.1 Å². The number of guanidine groups is 1. The van der Waals surface area contributed by atoms with Crippen molar-refractivity contribution in [3.05, 3.63) is 33.8 Å². The highest BCUT2D eigenvalue weighted by Gasteiger charge is 2.01. The first-order valence-corrected chi connectivity index (χ1v) is 7.21. The zero-order valence-corrected chi connectivity index (χ0v) is 13.2. The zero-order chi connectivity index (χ0) is 15.1. The molecule has 0 spiro atoms. The van der Waals surface area contributed by atoms with Crippen LogP contribution in [0.4, 0.5) is 0 Å². The van der Waals surface area contributed by atoms with Gasteiger partial charge in [-0.05, 0) is 30.0 Å². The van der Waals surface area contributed by atoms with Crippen molar-refractivity contribution in [2.75, 3.05) is 6.54 Å². The number of hydrogen-bond donors (Lipinski definition) is 2. The molecule has 20 heavy (non-hydrogen) atoms. The summed E-state index contributed by atoms with van der Waals surface area (Å²) in [5.74, 6) is 1.17. The van der Waals surface area contributed by atoms with Crippen LogP contribution >= 0.6 is 23.2 Å². The van der Waals surface area contributed by atoms with Gasteiger partial charge in [0.25, 0.3) is 0 Å². The van der Waals surface area contributed by atoms with Crippen LogP contribution in [0.5, 0.6) is 0 Å². The molecule has 110 valence electrons. The van der Waals surface area contributed by atoms with Crippen LogP contribution in [-0.2, 0) is 6.42 Å². The summed E-state index contributed by atoms with van der Waals surface area (Å²) in [5.41, 5.74) is 12.5. The Bertz CT molecular complexity index is 510. The van der Waals surface area contributed by atoms with Gasteiger partial charge in [0.1, 0.15) is 5.84 Å². The fourth-order valence-electron chi connectivity index (χ4n) is 1.64. The van der Waals surface area contributed by atoms with Crippen LogP contribution in [0.3, 0.4) is 0 Å². The Labute approximate surface area is 129 Å². The summed E-state index contributed by atoms with van der Waals surface area (Å²) in [6.45, 7) is 4.67. The molecule has 0 saturated carbocycles. The molecule has 1 aromatic rings. The van der Waals surface area contributed by atoms with Crippen LogP contribution in [0.15, 0.2) is 28.2 Å². The van der Waals surface area contributed by atoms with Gasteiger partial charge in [0.05, 0.1) is 10.0 Å². The van der Waals surface area contributed by atoms with E-state index in [1.165, 1.54) is 0 Å². The number of hydrogen-bond acceptors (Lipinski definition) is 1. The summed E-state index contributed by atoms with van der Waals surface area (Å²) in [6.07, 6.45) is 1.43. The molecule has 1 aromatic carbocycles. The first-order valence-electron chi connectivity index (χ1n) is 6.45. The van der Waals surface area contributed by atoms with Gasteiger partial charge in [-0.25, -0.2) is 4.99 Å². The van der Waals surface area contributed by atoms with Crippen molar-refractivity contribution < 1.29 is 0 Å². The third kappa shape index (κ3) is 6.26. The van der Waals surface area contributed by atoms with Gasteiger partial charge in [0.2, 0.25) is 5.96 Å². The van der Waals surface area contributed by atoms with E-state index < -0.39 is 0 Å². The third-order valence-electron chi connectivity index (χ3n) is 2.53. The van der Waals surface area contributed by atoms with Crippen molar-refractivity contribution in [2.45, 2.75) is 26.7 Å². The Morgan fingerprint density at radius 2 is 1.90 bits per heavy atom. The Kier molecular flexibility index (Phi) is 6.82. The number of nitrogens with zero attached hydrogens (tertiary/aromatic N) is 2. The summed E-state index contributed by atoms with van der Waals surface area (Å²) in [4.78, 5) is 8.22. The number of halogens is 2. The highest BCUT2D eigenvalue weighted by atomic mass is 35.5. The smallest absolute Gasteiger partial charge is 0.216 e. The SMILES string of the molecule is CC(C)CC(N)=NC(N)=NCCc1ccc(Cl)c(Cl)c1. The number of benzene rings is 1. The van der Waals surface area contributed by atoms with Gasteiger partial charge >= 0.3 is 0 Å². The molecule has 6 heteroatoms. The number of nitrogens with two attached hydrogens (primary N) is 2. The quantitative estimate of drug-likeness (QED) is 0.646. The van der Waals surface area contributed by atoms with Crippen molar-refractivity contribution in [1.82, 2.24) is 0 Å². The van der Waals surface area contributed by atoms with E-state index in [2.05, 4.69) is 23.8 Å². The molecule has 0 aliphatic heterocycles. The van der Waals surface area contributed by atoms with Gasteiger partial charge < -0.3 is 11.5 Å². The molecule has 0 saturated heterocycles. The average Bonchev–Trinajstić information content (AvgIpc) is 2.32. The molecular weight excluding hydrogens is 295 g/mol. The van der Waals surface area contributed by atoms with Crippen LogP contribution in [0.2, 0.25) is 10.0 Å². The van der Waals surface area contributed by atoms with Crippen molar-refractivity contribution in [3.8, 4) is 0 Å². The minimum Gasteiger partial charge on any atom is -0.387 e. The van der Waals surface area contributed by atoms with Gasteiger partial charge in [0, 0.05) is 13.0 Å². The fraction of sp³-hybridized carbons (Fsp3) is 0.429. The maximum absolute atomic E-state index is 5.94. The zero-order valence-electron chi connectivity index (χ0n) is 11.7. The molecule has 4 nitrogen and oxygen atoms in total. The predicted octanol–water partition coefficient (Wildman–Crippen LogP) is 3.25. The Balaban J connectivity index is 2.53. The first kappa shape index (κ1) is 16.8. The molecule has 0 bridgehead atoms. The lowest BCUT2D eigenvalue weighted by atomic mass is 10.1. The van der Waals surface area contributed by atoms with Crippen molar-refractivity contribution in [2.24, 2.45) is 27.4 Å². The second-order valence-electron chi connectivity index (χ2n) is 4.94. The first-order chi connectivity index (χ1) is 9.38. The lowest BCUT2D eigenvalue weighted by Gasteiger charge is -2.04. The summed E-state index contributed by atoms with van der Waals surface area (Å²) < 4.78 is 0. The number of rotatable bonds is 5. The van der Waals surface area contributed by atoms with Crippen LogP contribution < -0.4 is 11.5 Å². The lowest BCUT2D eigenvalue weighted by molar-refractivity contribution is 0.681. The molecule has 0 atom stereocenters. The van der Waals surface area contributed by atoms with Gasteiger partial charge in [-0.15, -0.1) is 0 Å². The van der Waals surface area contributed by atoms with E-state index in [9.17, 15) is 0 Å². The number of amidine groups is 1. The monoisotopic (exact) mass is 314 g/mol. The summed E-state index contributed by atoms with van der Waals surface area (Å²) in [7, 11) is 0. The molecule has 0 heterocycles. The molecule has 0 amide bonds. The topological polar surface area (TPSA) is 76.8 Å². The largest absolute Gasteiger partial charge is 0.387 e. The summed E-state index contributed by atoms with van der Waals surface area (Å²) in [6, 6.07) is 5.51. The minimum absolute atomic E-state index is 0.211. The normalized spacial score (nSPS) is 13.1. The minimum atomic E-state index is 0.211. The Morgan fingerprint density at radius 1 is 1.20 bits per heavy atom. The molecule has 0 aliphatic carbocycles. The van der Waals surface area contributed by atoms with E-state index in [1.54, 1.807) is 6.07 Å². The number of aliphatic imine (C=N–C) groups is 2. The molecule has 0 aromatic heterocycles. The summed E-state index contributed by atoms with van der Waals surface area (Å²) >= 11 is 11.8. The summed E-state index contributed by atoms with van der Waals surface area (Å²) in [5, 5.41) is 1.09. The van der Waals surface area contributed by atoms with Crippen molar-refractivity contribution in [3.63, 3.8) is 0 Å². The van der Waals surface area contributed by atoms with E-state index in [0.29, 0.717) is 34.8 Å². The molecule has 0 radical (unpaired) electrons. The van der Waals surface area contributed by atoms with Gasteiger partial charge in [-0.3, -0.25) is 4.99 Å². The van der Waals surface area contributed by atoms with Crippen LogP contribution in [0, 0.1) is 5.92 Å². The predicted molar refractivity (Wildman–Crippen MR) is 87.7 cm³/mol. The van der Waals surface area contributed by atoms with E-state index in [0.717, 1.165) is 12.0 Å². The van der Waals surface area contributed by atoms with E-state index >= 15 is 0 Å². The second-order valence-corrected chi connectivity index (χ2v) is 5.75. The van der Waals surface area contributed by atoms with Crippen LogP contribution in [-0.4, -0.2) is 18.3 Å². The van der Waals surface area contributed by atoms with Crippen molar-refractivity contribution >= 4 is 35.0 Å². The molecule has 4 N–H and O–H groups in total. The fourth-order valence-corrected chi connectivity index (χ4v) is 1.96. The third-order valence-corrected chi connectivity index (χ3v) is 3.27. The maximum Gasteiger partial charge on any atom is 0.216 e. The average molecular weight is 315 g/mol. The molecule has 0 aliphatic rings. The second kappa shape index (κ2) is 8.12. The standard InChI is InChI=1S/C14H20Cl2N4/c1-9(2)7-13(17)20-14(18)19-6-5-10-3-4-11(15)12(16)8-10/h3-4,8-9H,5-7H2,1-2H3,(H4,17,18,19,20). The van der Waals surface area contributed by atoms with Gasteiger partial charge in [-0.1, -0.05) is 43.1 Å². The van der Waals surface area contributed by atoms with E-state index in [4.69, 9.17) is 34.7 Å². The Morgan fingerprint density at radius 3 is 2.50 bits per heavy atom. The highest BCUT2D eigenvalue weighted by molar-refractivity contribution is 6.42. The van der Waals surface area contributed by atoms with E-state index in [-0.39, 0.29) is 5.96 Å². The van der Waals surface area contributed by atoms with Gasteiger partial charge in [-0.2, -0.15) is 0 Å². The highest BCUT2D eigenvalue weighted by Crippen LogP contribution is 2.22. The lowest BCUT2D eigenvalue weighted by Crippen LogP contribution is -2.20. The molecule has 1 rings (SSSR count). The molecule has 0 fully saturated rings. The molecular formula is C14H20Cl2N4. The van der Waals surface area contributed by atoms with Crippen LogP contribution in [0.1, 0.15) is 25.8 Å².